The Morgan fingerprint density at radius 2 is 2.12 bits per heavy atom. The Bertz CT molecular complexity index is 693. The first kappa shape index (κ1) is 18.4. The molecule has 0 spiro atoms. The van der Waals surface area contributed by atoms with Crippen LogP contribution in [-0.4, -0.2) is 42.9 Å². The molecule has 138 valence electrons. The molecule has 1 aromatic carbocycles. The van der Waals surface area contributed by atoms with Crippen molar-refractivity contribution in [1.29, 1.82) is 5.26 Å². The Labute approximate surface area is 154 Å². The Morgan fingerprint density at radius 3 is 2.88 bits per heavy atom. The monoisotopic (exact) mass is 354 g/mol. The van der Waals surface area contributed by atoms with Gasteiger partial charge < -0.3 is 15.5 Å². The zero-order valence-electron chi connectivity index (χ0n) is 15.0. The van der Waals surface area contributed by atoms with Gasteiger partial charge in [0.2, 0.25) is 11.8 Å². The number of nitriles is 1. The van der Waals surface area contributed by atoms with Gasteiger partial charge >= 0.3 is 0 Å². The average molecular weight is 354 g/mol. The number of piperidine rings is 1. The molecule has 2 aliphatic rings. The second-order valence-corrected chi connectivity index (χ2v) is 7.32. The fourth-order valence-corrected chi connectivity index (χ4v) is 3.33. The molecule has 1 aromatic rings. The van der Waals surface area contributed by atoms with Crippen LogP contribution in [0.1, 0.15) is 37.7 Å². The third kappa shape index (κ3) is 5.57. The van der Waals surface area contributed by atoms with E-state index in [0.717, 1.165) is 32.5 Å². The van der Waals surface area contributed by atoms with Gasteiger partial charge in [0.25, 0.3) is 0 Å². The lowest BCUT2D eigenvalue weighted by molar-refractivity contribution is -0.126. The van der Waals surface area contributed by atoms with Gasteiger partial charge in [-0.1, -0.05) is 6.07 Å². The quantitative estimate of drug-likeness (QED) is 0.785. The van der Waals surface area contributed by atoms with Crippen molar-refractivity contribution in [2.75, 3.05) is 31.5 Å². The molecule has 0 radical (unpaired) electrons. The minimum atomic E-state index is -0.0691. The summed E-state index contributed by atoms with van der Waals surface area (Å²) in [4.78, 5) is 26.6. The summed E-state index contributed by atoms with van der Waals surface area (Å²) in [5.41, 5.74) is 1.17. The number of nitrogens with zero attached hydrogens (tertiary/aromatic N) is 2. The summed E-state index contributed by atoms with van der Waals surface area (Å²) in [7, 11) is 0. The third-order valence-electron chi connectivity index (χ3n) is 5.07. The SMILES string of the molecule is N#Cc1cccc(NC(=O)CCN2CCCC(C(=O)NCC3CC3)C2)c1. The van der Waals surface area contributed by atoms with E-state index in [2.05, 4.69) is 21.6 Å². The molecule has 6 nitrogen and oxygen atoms in total. The maximum Gasteiger partial charge on any atom is 0.225 e. The van der Waals surface area contributed by atoms with Crippen LogP contribution in [-0.2, 0) is 9.59 Å². The van der Waals surface area contributed by atoms with Crippen molar-refractivity contribution in [3.05, 3.63) is 29.8 Å². The number of carbonyl (C=O) groups excluding carboxylic acids is 2. The molecule has 1 heterocycles. The maximum atomic E-state index is 12.3. The summed E-state index contributed by atoms with van der Waals surface area (Å²) in [6.07, 6.45) is 4.79. The van der Waals surface area contributed by atoms with Crippen molar-refractivity contribution in [3.63, 3.8) is 0 Å². The number of anilines is 1. The Balaban J connectivity index is 1.40. The van der Waals surface area contributed by atoms with Crippen molar-refractivity contribution < 1.29 is 9.59 Å². The normalized spacial score (nSPS) is 20.2. The molecular weight excluding hydrogens is 328 g/mol. The summed E-state index contributed by atoms with van der Waals surface area (Å²) >= 11 is 0. The number of hydrogen-bond acceptors (Lipinski definition) is 4. The predicted octanol–water partition coefficient (Wildman–Crippen LogP) is 2.13. The highest BCUT2D eigenvalue weighted by atomic mass is 16.2. The first-order valence-electron chi connectivity index (χ1n) is 9.44. The first-order valence-corrected chi connectivity index (χ1v) is 9.44. The molecule has 26 heavy (non-hydrogen) atoms. The zero-order chi connectivity index (χ0) is 18.4. The number of amides is 2. The minimum Gasteiger partial charge on any atom is -0.356 e. The molecule has 2 N–H and O–H groups in total. The second kappa shape index (κ2) is 8.81. The summed E-state index contributed by atoms with van der Waals surface area (Å²) < 4.78 is 0. The topological polar surface area (TPSA) is 85.2 Å². The summed E-state index contributed by atoms with van der Waals surface area (Å²) in [5.74, 6) is 0.833. The number of nitrogens with one attached hydrogen (secondary N) is 2. The highest BCUT2D eigenvalue weighted by molar-refractivity contribution is 5.91. The summed E-state index contributed by atoms with van der Waals surface area (Å²) in [6.45, 7) is 3.13. The van der Waals surface area contributed by atoms with Crippen molar-refractivity contribution in [1.82, 2.24) is 10.2 Å². The largest absolute Gasteiger partial charge is 0.356 e. The van der Waals surface area contributed by atoms with Crippen molar-refractivity contribution in [2.45, 2.75) is 32.1 Å². The summed E-state index contributed by atoms with van der Waals surface area (Å²) in [6, 6.07) is 8.97. The molecule has 1 saturated carbocycles. The van der Waals surface area contributed by atoms with E-state index in [0.29, 0.717) is 30.1 Å². The van der Waals surface area contributed by atoms with E-state index in [1.165, 1.54) is 12.8 Å². The van der Waals surface area contributed by atoms with Crippen LogP contribution in [0.4, 0.5) is 5.69 Å². The smallest absolute Gasteiger partial charge is 0.225 e. The van der Waals surface area contributed by atoms with Crippen LogP contribution < -0.4 is 10.6 Å². The standard InChI is InChI=1S/C20H26N4O2/c21-12-16-3-1-5-18(11-16)23-19(25)8-10-24-9-2-4-17(14-24)20(26)22-13-15-6-7-15/h1,3,5,11,15,17H,2,4,6-10,13-14H2,(H,22,26)(H,23,25). The highest BCUT2D eigenvalue weighted by Crippen LogP contribution is 2.28. The van der Waals surface area contributed by atoms with Crippen LogP contribution in [0.5, 0.6) is 0 Å². The maximum absolute atomic E-state index is 12.3. The molecule has 1 atom stereocenters. The van der Waals surface area contributed by atoms with E-state index < -0.39 is 0 Å². The molecule has 1 aliphatic heterocycles. The van der Waals surface area contributed by atoms with E-state index in [-0.39, 0.29) is 17.7 Å². The Kier molecular flexibility index (Phi) is 6.24. The number of rotatable bonds is 7. The van der Waals surface area contributed by atoms with Crippen LogP contribution in [0.2, 0.25) is 0 Å². The van der Waals surface area contributed by atoms with Crippen LogP contribution in [0.3, 0.4) is 0 Å². The lowest BCUT2D eigenvalue weighted by atomic mass is 9.97. The van der Waals surface area contributed by atoms with Crippen molar-refractivity contribution in [2.24, 2.45) is 11.8 Å². The second-order valence-electron chi connectivity index (χ2n) is 7.32. The number of carbonyl (C=O) groups is 2. The lowest BCUT2D eigenvalue weighted by Gasteiger charge is -2.31. The minimum absolute atomic E-state index is 0.0397. The van der Waals surface area contributed by atoms with Gasteiger partial charge in [-0.05, 0) is 56.3 Å². The average Bonchev–Trinajstić information content (AvgIpc) is 3.49. The van der Waals surface area contributed by atoms with Gasteiger partial charge in [-0.3, -0.25) is 9.59 Å². The van der Waals surface area contributed by atoms with E-state index in [1.54, 1.807) is 24.3 Å². The fraction of sp³-hybridized carbons (Fsp3) is 0.550. The molecule has 1 saturated heterocycles. The predicted molar refractivity (Wildman–Crippen MR) is 99.3 cm³/mol. The molecule has 2 fully saturated rings. The van der Waals surface area contributed by atoms with Gasteiger partial charge in [-0.25, -0.2) is 0 Å². The molecule has 1 aliphatic carbocycles. The third-order valence-corrected chi connectivity index (χ3v) is 5.07. The molecule has 2 amide bonds. The van der Waals surface area contributed by atoms with Crippen LogP contribution in [0.25, 0.3) is 0 Å². The van der Waals surface area contributed by atoms with Crippen LogP contribution >= 0.6 is 0 Å². The molecule has 6 heteroatoms. The molecule has 1 unspecified atom stereocenters. The van der Waals surface area contributed by atoms with Crippen molar-refractivity contribution >= 4 is 17.5 Å². The Morgan fingerprint density at radius 1 is 1.27 bits per heavy atom. The van der Waals surface area contributed by atoms with E-state index in [9.17, 15) is 9.59 Å². The molecule has 0 bridgehead atoms. The fourth-order valence-electron chi connectivity index (χ4n) is 3.33. The number of benzene rings is 1. The number of hydrogen-bond donors (Lipinski definition) is 2. The van der Waals surface area contributed by atoms with Gasteiger partial charge in [0.15, 0.2) is 0 Å². The molecule has 3 rings (SSSR count). The van der Waals surface area contributed by atoms with Gasteiger partial charge in [0, 0.05) is 31.7 Å². The van der Waals surface area contributed by atoms with E-state index >= 15 is 0 Å². The van der Waals surface area contributed by atoms with E-state index in [1.807, 2.05) is 0 Å². The molecule has 0 aromatic heterocycles. The van der Waals surface area contributed by atoms with E-state index in [4.69, 9.17) is 5.26 Å². The highest BCUT2D eigenvalue weighted by Gasteiger charge is 2.28. The number of likely N-dealkylation sites (tertiary alicyclic amines) is 1. The zero-order valence-corrected chi connectivity index (χ0v) is 15.0. The summed E-state index contributed by atoms with van der Waals surface area (Å²) in [5, 5.41) is 14.8. The molecular formula is C20H26N4O2. The first-order chi connectivity index (χ1) is 12.6. The Hall–Kier alpha value is -2.39. The van der Waals surface area contributed by atoms with Crippen LogP contribution in [0, 0.1) is 23.2 Å². The van der Waals surface area contributed by atoms with Crippen LogP contribution in [0.15, 0.2) is 24.3 Å². The van der Waals surface area contributed by atoms with Gasteiger partial charge in [-0.2, -0.15) is 5.26 Å². The van der Waals surface area contributed by atoms with Gasteiger partial charge in [0.05, 0.1) is 17.6 Å². The van der Waals surface area contributed by atoms with Gasteiger partial charge in [0.1, 0.15) is 0 Å². The van der Waals surface area contributed by atoms with Crippen molar-refractivity contribution in [3.8, 4) is 6.07 Å². The van der Waals surface area contributed by atoms with Gasteiger partial charge in [-0.15, -0.1) is 0 Å². The lowest BCUT2D eigenvalue weighted by Crippen LogP contribution is -2.44.